The van der Waals surface area contributed by atoms with Crippen LogP contribution >= 0.6 is 0 Å². The van der Waals surface area contributed by atoms with Crippen LogP contribution in [0.5, 0.6) is 0 Å². The Labute approximate surface area is 119 Å². The van der Waals surface area contributed by atoms with Crippen molar-refractivity contribution in [1.82, 2.24) is 5.32 Å². The minimum Gasteiger partial charge on any atom is -0.444 e. The average Bonchev–Trinajstić information content (AvgIpc) is 2.29. The Kier molecular flexibility index (Phi) is 9.72. The second-order valence-electron chi connectivity index (χ2n) is 6.34. The van der Waals surface area contributed by atoms with Gasteiger partial charge in [0.05, 0.1) is 0 Å². The molecule has 0 aromatic carbocycles. The molecule has 1 unspecified atom stereocenters. The highest BCUT2D eigenvalue weighted by Gasteiger charge is 2.15. The summed E-state index contributed by atoms with van der Waals surface area (Å²) in [4.78, 5) is 11.4. The molecule has 1 atom stereocenters. The molecule has 0 aliphatic carbocycles. The summed E-state index contributed by atoms with van der Waals surface area (Å²) in [5, 5.41) is 2.81. The molecule has 19 heavy (non-hydrogen) atoms. The summed E-state index contributed by atoms with van der Waals surface area (Å²) in [6.45, 7) is 10.9. The molecule has 1 amide bonds. The van der Waals surface area contributed by atoms with Crippen LogP contribution in [-0.2, 0) is 4.74 Å². The van der Waals surface area contributed by atoms with Gasteiger partial charge in [-0.2, -0.15) is 0 Å². The maximum absolute atomic E-state index is 11.4. The number of hydrogen-bond acceptors (Lipinski definition) is 2. The van der Waals surface area contributed by atoms with E-state index in [1.807, 2.05) is 20.8 Å². The highest BCUT2D eigenvalue weighted by Crippen LogP contribution is 2.18. The lowest BCUT2D eigenvalue weighted by Gasteiger charge is -2.19. The Hall–Kier alpha value is -0.730. The highest BCUT2D eigenvalue weighted by atomic mass is 16.6. The lowest BCUT2D eigenvalue weighted by molar-refractivity contribution is 0.0527. The number of nitrogens with one attached hydrogen (secondary N) is 1. The summed E-state index contributed by atoms with van der Waals surface area (Å²) in [7, 11) is 0. The summed E-state index contributed by atoms with van der Waals surface area (Å²) in [6, 6.07) is 0. The van der Waals surface area contributed by atoms with Gasteiger partial charge in [0.1, 0.15) is 5.60 Å². The van der Waals surface area contributed by atoms with E-state index in [1.165, 1.54) is 38.5 Å². The summed E-state index contributed by atoms with van der Waals surface area (Å²) in [5.41, 5.74) is -0.404. The Morgan fingerprint density at radius 3 is 2.32 bits per heavy atom. The number of carbonyl (C=O) groups is 1. The van der Waals surface area contributed by atoms with E-state index in [1.54, 1.807) is 0 Å². The predicted molar refractivity (Wildman–Crippen MR) is 81.4 cm³/mol. The van der Waals surface area contributed by atoms with Crippen LogP contribution in [-0.4, -0.2) is 18.2 Å². The van der Waals surface area contributed by atoms with E-state index in [0.717, 1.165) is 18.9 Å². The lowest BCUT2D eigenvalue weighted by atomic mass is 9.94. The fourth-order valence-electron chi connectivity index (χ4n) is 2.20. The third-order valence-corrected chi connectivity index (χ3v) is 3.23. The molecule has 0 rings (SSSR count). The van der Waals surface area contributed by atoms with E-state index in [2.05, 4.69) is 19.2 Å². The topological polar surface area (TPSA) is 38.3 Å². The Morgan fingerprint density at radius 2 is 1.79 bits per heavy atom. The van der Waals surface area contributed by atoms with Crippen LogP contribution in [0, 0.1) is 5.92 Å². The first-order valence-corrected chi connectivity index (χ1v) is 7.85. The second kappa shape index (κ2) is 10.1. The molecule has 0 aromatic heterocycles. The fourth-order valence-corrected chi connectivity index (χ4v) is 2.20. The molecule has 0 heterocycles. The second-order valence-corrected chi connectivity index (χ2v) is 6.34. The summed E-state index contributed by atoms with van der Waals surface area (Å²) in [5.74, 6) is 0.892. The van der Waals surface area contributed by atoms with Gasteiger partial charge in [-0.25, -0.2) is 4.79 Å². The van der Waals surface area contributed by atoms with E-state index in [0.29, 0.717) is 0 Å². The SMILES string of the molecule is CCCC(CC)CCCCCNC(=O)OC(C)(C)C. The van der Waals surface area contributed by atoms with Crippen molar-refractivity contribution in [3.05, 3.63) is 0 Å². The van der Waals surface area contributed by atoms with Crippen LogP contribution in [0.3, 0.4) is 0 Å². The zero-order valence-corrected chi connectivity index (χ0v) is 13.6. The minimum absolute atomic E-state index is 0.301. The Balaban J connectivity index is 3.47. The molecule has 3 heteroatoms. The number of amides is 1. The number of hydrogen-bond donors (Lipinski definition) is 1. The van der Waals surface area contributed by atoms with Crippen LogP contribution in [0.15, 0.2) is 0 Å². The van der Waals surface area contributed by atoms with Crippen LogP contribution in [0.2, 0.25) is 0 Å². The first kappa shape index (κ1) is 18.3. The molecular weight excluding hydrogens is 238 g/mol. The Bertz CT molecular complexity index is 233. The number of unbranched alkanes of at least 4 members (excludes halogenated alkanes) is 2. The quantitative estimate of drug-likeness (QED) is 0.606. The van der Waals surface area contributed by atoms with E-state index in [4.69, 9.17) is 4.74 Å². The first-order chi connectivity index (χ1) is 8.89. The van der Waals surface area contributed by atoms with Crippen molar-refractivity contribution >= 4 is 6.09 Å². The maximum atomic E-state index is 11.4. The van der Waals surface area contributed by atoms with Gasteiger partial charge in [0, 0.05) is 6.54 Å². The van der Waals surface area contributed by atoms with Gasteiger partial charge in [-0.05, 0) is 33.1 Å². The maximum Gasteiger partial charge on any atom is 0.407 e. The van der Waals surface area contributed by atoms with Gasteiger partial charge in [0.15, 0.2) is 0 Å². The normalized spacial score (nSPS) is 13.1. The van der Waals surface area contributed by atoms with E-state index >= 15 is 0 Å². The largest absolute Gasteiger partial charge is 0.444 e. The van der Waals surface area contributed by atoms with Gasteiger partial charge in [-0.1, -0.05) is 52.4 Å². The van der Waals surface area contributed by atoms with Crippen molar-refractivity contribution in [2.45, 2.75) is 85.2 Å². The van der Waals surface area contributed by atoms with Crippen LogP contribution < -0.4 is 5.32 Å². The van der Waals surface area contributed by atoms with Crippen molar-refractivity contribution in [2.24, 2.45) is 5.92 Å². The molecular formula is C16H33NO2. The zero-order valence-electron chi connectivity index (χ0n) is 13.6. The molecule has 0 bridgehead atoms. The molecule has 1 N–H and O–H groups in total. The highest BCUT2D eigenvalue weighted by molar-refractivity contribution is 5.67. The summed E-state index contributed by atoms with van der Waals surface area (Å²) >= 11 is 0. The van der Waals surface area contributed by atoms with Crippen molar-refractivity contribution < 1.29 is 9.53 Å². The monoisotopic (exact) mass is 271 g/mol. The molecule has 114 valence electrons. The summed E-state index contributed by atoms with van der Waals surface area (Å²) < 4.78 is 5.18. The van der Waals surface area contributed by atoms with Gasteiger partial charge in [0.2, 0.25) is 0 Å². The van der Waals surface area contributed by atoms with Crippen LogP contribution in [0.4, 0.5) is 4.79 Å². The molecule has 0 radical (unpaired) electrons. The number of ether oxygens (including phenoxy) is 1. The lowest BCUT2D eigenvalue weighted by Crippen LogP contribution is -2.32. The smallest absolute Gasteiger partial charge is 0.407 e. The minimum atomic E-state index is -0.404. The number of carbonyl (C=O) groups excluding carboxylic acids is 1. The van der Waals surface area contributed by atoms with E-state index in [-0.39, 0.29) is 6.09 Å². The van der Waals surface area contributed by atoms with E-state index in [9.17, 15) is 4.79 Å². The van der Waals surface area contributed by atoms with Crippen molar-refractivity contribution in [1.29, 1.82) is 0 Å². The standard InChI is InChI=1S/C16H33NO2/c1-6-11-14(7-2)12-9-8-10-13-17-15(18)19-16(3,4)5/h14H,6-13H2,1-5H3,(H,17,18). The fraction of sp³-hybridized carbons (Fsp3) is 0.938. The molecule has 0 aliphatic heterocycles. The van der Waals surface area contributed by atoms with Gasteiger partial charge in [0.25, 0.3) is 0 Å². The van der Waals surface area contributed by atoms with Crippen molar-refractivity contribution in [3.8, 4) is 0 Å². The molecule has 0 saturated heterocycles. The van der Waals surface area contributed by atoms with Crippen LogP contribution in [0.1, 0.15) is 79.6 Å². The Morgan fingerprint density at radius 1 is 1.11 bits per heavy atom. The molecule has 0 aromatic rings. The van der Waals surface area contributed by atoms with Gasteiger partial charge < -0.3 is 10.1 Å². The molecule has 0 aliphatic rings. The average molecular weight is 271 g/mol. The third-order valence-electron chi connectivity index (χ3n) is 3.23. The van der Waals surface area contributed by atoms with Gasteiger partial charge >= 0.3 is 6.09 Å². The summed E-state index contributed by atoms with van der Waals surface area (Å²) in [6.07, 6.45) is 8.48. The van der Waals surface area contributed by atoms with E-state index < -0.39 is 5.60 Å². The molecule has 0 saturated carbocycles. The first-order valence-electron chi connectivity index (χ1n) is 7.85. The van der Waals surface area contributed by atoms with Gasteiger partial charge in [-0.15, -0.1) is 0 Å². The van der Waals surface area contributed by atoms with Crippen molar-refractivity contribution in [3.63, 3.8) is 0 Å². The number of rotatable bonds is 9. The van der Waals surface area contributed by atoms with Crippen LogP contribution in [0.25, 0.3) is 0 Å². The molecule has 0 fully saturated rings. The molecule has 3 nitrogen and oxygen atoms in total. The van der Waals surface area contributed by atoms with Gasteiger partial charge in [-0.3, -0.25) is 0 Å². The third kappa shape index (κ3) is 12.1. The predicted octanol–water partition coefficient (Wildman–Crippen LogP) is 4.90. The zero-order chi connectivity index (χ0) is 14.7. The molecule has 0 spiro atoms. The number of alkyl carbamates (subject to hydrolysis) is 1. The van der Waals surface area contributed by atoms with Crippen molar-refractivity contribution in [2.75, 3.05) is 6.54 Å².